The van der Waals surface area contributed by atoms with Gasteiger partial charge in [-0.3, -0.25) is 0 Å². The maximum absolute atomic E-state index is 6.15. The van der Waals surface area contributed by atoms with Gasteiger partial charge in [-0.05, 0) is 45.0 Å². The van der Waals surface area contributed by atoms with E-state index in [4.69, 9.17) is 9.31 Å². The summed E-state index contributed by atoms with van der Waals surface area (Å²) in [6.07, 6.45) is 0. The van der Waals surface area contributed by atoms with E-state index in [2.05, 4.69) is 71.9 Å². The molecule has 0 aliphatic carbocycles. The van der Waals surface area contributed by atoms with Crippen molar-refractivity contribution in [2.24, 2.45) is 0 Å². The zero-order valence-corrected chi connectivity index (χ0v) is 12.9. The van der Waals surface area contributed by atoms with Gasteiger partial charge in [0, 0.05) is 0 Å². The van der Waals surface area contributed by atoms with Gasteiger partial charge in [0.1, 0.15) is 0 Å². The summed E-state index contributed by atoms with van der Waals surface area (Å²) in [7, 11) is -0.139. The van der Waals surface area contributed by atoms with Crippen molar-refractivity contribution in [1.82, 2.24) is 0 Å². The highest BCUT2D eigenvalue weighted by Gasteiger charge is 2.53. The predicted octanol–water partition coefficient (Wildman–Crippen LogP) is 4.27. The smallest absolute Gasteiger partial charge is 0.403 e. The Kier molecular flexibility index (Phi) is 3.81. The van der Waals surface area contributed by atoms with Gasteiger partial charge in [-0.2, -0.15) is 0 Å². The molecule has 1 fully saturated rings. The van der Waals surface area contributed by atoms with Gasteiger partial charge in [-0.25, -0.2) is 0 Å². The van der Waals surface area contributed by atoms with Crippen molar-refractivity contribution < 1.29 is 9.31 Å². The molecule has 0 N–H and O–H groups in total. The van der Waals surface area contributed by atoms with Crippen LogP contribution in [0.25, 0.3) is 0 Å². The third-order valence-electron chi connectivity index (χ3n) is 4.81. The number of benzene rings is 1. The summed E-state index contributed by atoms with van der Waals surface area (Å²) in [5.74, 6) is 0.736. The maximum Gasteiger partial charge on any atom is 0.461 e. The molecule has 1 aliphatic rings. The second-order valence-corrected chi connectivity index (χ2v) is 6.68. The van der Waals surface area contributed by atoms with Gasteiger partial charge in [-0.1, -0.05) is 44.2 Å². The van der Waals surface area contributed by atoms with E-state index < -0.39 is 0 Å². The lowest BCUT2D eigenvalue weighted by Crippen LogP contribution is -2.41. The standard InChI is InChI=1S/C16H25BO2/c1-12(14-10-8-7-9-11-14)13(2)17-18-15(3,4)16(5,6)19-17/h7-13H,1-6H3/t12-,13-/m0/s1. The van der Waals surface area contributed by atoms with Crippen molar-refractivity contribution in [3.63, 3.8) is 0 Å². The SMILES string of the molecule is C[C@H](B1OC(C)(C)C(C)(C)O1)[C@H](C)c1ccccc1. The summed E-state index contributed by atoms with van der Waals surface area (Å²) in [6, 6.07) is 10.6. The Morgan fingerprint density at radius 3 is 1.84 bits per heavy atom. The minimum absolute atomic E-state index is 0.139. The third-order valence-corrected chi connectivity index (χ3v) is 4.81. The highest BCUT2D eigenvalue weighted by atomic mass is 16.7. The quantitative estimate of drug-likeness (QED) is 0.755. The first-order valence-corrected chi connectivity index (χ1v) is 7.15. The lowest BCUT2D eigenvalue weighted by Gasteiger charge is -2.32. The summed E-state index contributed by atoms with van der Waals surface area (Å²) in [5, 5.41) is 0. The van der Waals surface area contributed by atoms with E-state index in [0.29, 0.717) is 11.7 Å². The van der Waals surface area contributed by atoms with Crippen molar-refractivity contribution in [2.75, 3.05) is 0 Å². The minimum atomic E-state index is -0.248. The van der Waals surface area contributed by atoms with Crippen molar-refractivity contribution in [2.45, 2.75) is 64.5 Å². The van der Waals surface area contributed by atoms with Gasteiger partial charge in [-0.15, -0.1) is 0 Å². The zero-order valence-electron chi connectivity index (χ0n) is 12.9. The van der Waals surface area contributed by atoms with Crippen LogP contribution in [0.15, 0.2) is 30.3 Å². The lowest BCUT2D eigenvalue weighted by molar-refractivity contribution is 0.00578. The maximum atomic E-state index is 6.15. The van der Waals surface area contributed by atoms with Crippen LogP contribution in [0.2, 0.25) is 5.82 Å². The van der Waals surface area contributed by atoms with Gasteiger partial charge in [0.05, 0.1) is 11.2 Å². The van der Waals surface area contributed by atoms with E-state index in [1.54, 1.807) is 0 Å². The van der Waals surface area contributed by atoms with Crippen LogP contribution in [-0.2, 0) is 9.31 Å². The van der Waals surface area contributed by atoms with Crippen LogP contribution in [0.4, 0.5) is 0 Å². The second kappa shape index (κ2) is 4.95. The van der Waals surface area contributed by atoms with E-state index in [-0.39, 0.29) is 18.3 Å². The normalized spacial score (nSPS) is 24.2. The zero-order chi connectivity index (χ0) is 14.3. The molecule has 0 radical (unpaired) electrons. The topological polar surface area (TPSA) is 18.5 Å². The van der Waals surface area contributed by atoms with Crippen molar-refractivity contribution in [3.05, 3.63) is 35.9 Å². The monoisotopic (exact) mass is 260 g/mol. The first kappa shape index (κ1) is 14.6. The molecule has 0 bridgehead atoms. The van der Waals surface area contributed by atoms with Gasteiger partial charge in [0.2, 0.25) is 0 Å². The van der Waals surface area contributed by atoms with E-state index in [0.717, 1.165) is 0 Å². The summed E-state index contributed by atoms with van der Waals surface area (Å²) in [5.41, 5.74) is 0.842. The Bertz CT molecular complexity index is 412. The summed E-state index contributed by atoms with van der Waals surface area (Å²) in [6.45, 7) is 12.9. The average molecular weight is 260 g/mol. The number of hydrogen-bond donors (Lipinski definition) is 0. The van der Waals surface area contributed by atoms with Crippen LogP contribution in [0.3, 0.4) is 0 Å². The molecule has 0 aromatic heterocycles. The molecule has 104 valence electrons. The van der Waals surface area contributed by atoms with Crippen molar-refractivity contribution >= 4 is 7.12 Å². The highest BCUT2D eigenvalue weighted by Crippen LogP contribution is 2.43. The molecule has 0 saturated carbocycles. The van der Waals surface area contributed by atoms with Crippen LogP contribution in [0.1, 0.15) is 53.0 Å². The molecule has 2 atom stereocenters. The fraction of sp³-hybridized carbons (Fsp3) is 0.625. The Hall–Kier alpha value is -0.795. The van der Waals surface area contributed by atoms with Gasteiger partial charge < -0.3 is 9.31 Å². The van der Waals surface area contributed by atoms with E-state index in [1.165, 1.54) is 5.56 Å². The minimum Gasteiger partial charge on any atom is -0.403 e. The highest BCUT2D eigenvalue weighted by molar-refractivity contribution is 6.47. The Morgan fingerprint density at radius 2 is 1.37 bits per heavy atom. The van der Waals surface area contributed by atoms with E-state index in [1.807, 2.05) is 0 Å². The molecule has 0 spiro atoms. The van der Waals surface area contributed by atoms with Crippen LogP contribution in [0, 0.1) is 0 Å². The Balaban J connectivity index is 2.12. The summed E-state index contributed by atoms with van der Waals surface area (Å²) in [4.78, 5) is 0. The molecule has 2 nitrogen and oxygen atoms in total. The fourth-order valence-corrected chi connectivity index (χ4v) is 2.40. The molecular weight excluding hydrogens is 235 g/mol. The number of hydrogen-bond acceptors (Lipinski definition) is 2. The molecule has 0 unspecified atom stereocenters. The first-order chi connectivity index (χ1) is 8.74. The van der Waals surface area contributed by atoms with Gasteiger partial charge >= 0.3 is 7.12 Å². The lowest BCUT2D eigenvalue weighted by atomic mass is 9.65. The fourth-order valence-electron chi connectivity index (χ4n) is 2.40. The van der Waals surface area contributed by atoms with Crippen LogP contribution in [-0.4, -0.2) is 18.3 Å². The van der Waals surface area contributed by atoms with Crippen LogP contribution >= 0.6 is 0 Å². The average Bonchev–Trinajstić information content (AvgIpc) is 2.58. The summed E-state index contributed by atoms with van der Waals surface area (Å²) < 4.78 is 12.3. The van der Waals surface area contributed by atoms with Gasteiger partial charge in [0.15, 0.2) is 0 Å². The predicted molar refractivity (Wildman–Crippen MR) is 80.4 cm³/mol. The molecule has 1 aromatic carbocycles. The molecule has 1 heterocycles. The summed E-state index contributed by atoms with van der Waals surface area (Å²) >= 11 is 0. The Morgan fingerprint density at radius 1 is 0.895 bits per heavy atom. The van der Waals surface area contributed by atoms with Gasteiger partial charge in [0.25, 0.3) is 0 Å². The van der Waals surface area contributed by atoms with Crippen molar-refractivity contribution in [3.8, 4) is 0 Å². The molecule has 2 rings (SSSR count). The molecule has 19 heavy (non-hydrogen) atoms. The first-order valence-electron chi connectivity index (χ1n) is 7.15. The van der Waals surface area contributed by atoms with Crippen molar-refractivity contribution in [1.29, 1.82) is 0 Å². The van der Waals surface area contributed by atoms with E-state index in [9.17, 15) is 0 Å². The molecule has 3 heteroatoms. The van der Waals surface area contributed by atoms with Crippen LogP contribution < -0.4 is 0 Å². The largest absolute Gasteiger partial charge is 0.461 e. The molecule has 0 amide bonds. The molecular formula is C16H25BO2. The third kappa shape index (κ3) is 2.73. The second-order valence-electron chi connectivity index (χ2n) is 6.68. The molecule has 1 aliphatic heterocycles. The number of rotatable bonds is 3. The van der Waals surface area contributed by atoms with E-state index >= 15 is 0 Å². The Labute approximate surface area is 117 Å². The molecule has 1 aromatic rings. The van der Waals surface area contributed by atoms with Crippen LogP contribution in [0.5, 0.6) is 0 Å². The molecule has 1 saturated heterocycles.